The van der Waals surface area contributed by atoms with Crippen LogP contribution in [0.2, 0.25) is 0 Å². The molecule has 22 heavy (non-hydrogen) atoms. The fraction of sp³-hybridized carbons (Fsp3) is 0.286. The van der Waals surface area contributed by atoms with E-state index >= 15 is 0 Å². The first-order valence-electron chi connectivity index (χ1n) is 6.69. The average Bonchev–Trinajstić information content (AvgIpc) is 3.10. The predicted molar refractivity (Wildman–Crippen MR) is 93.8 cm³/mol. The lowest BCUT2D eigenvalue weighted by Crippen LogP contribution is -2.36. The summed E-state index contributed by atoms with van der Waals surface area (Å²) in [5.74, 6) is -0.00523. The number of H-pyrrole nitrogens is 1. The second-order valence-corrected chi connectivity index (χ2v) is 6.15. The number of rotatable bonds is 2. The highest BCUT2D eigenvalue weighted by Crippen LogP contribution is 2.39. The van der Waals surface area contributed by atoms with E-state index in [1.807, 2.05) is 24.3 Å². The van der Waals surface area contributed by atoms with E-state index in [0.29, 0.717) is 4.91 Å². The molecular formula is C14H16Cl2N4OS. The van der Waals surface area contributed by atoms with Crippen LogP contribution >= 0.6 is 36.6 Å². The van der Waals surface area contributed by atoms with E-state index in [1.54, 1.807) is 0 Å². The van der Waals surface area contributed by atoms with Crippen molar-refractivity contribution in [3.8, 4) is 0 Å². The maximum absolute atomic E-state index is 12.3. The third kappa shape index (κ3) is 2.96. The molecule has 1 saturated heterocycles. The van der Waals surface area contributed by atoms with Crippen LogP contribution in [0.1, 0.15) is 12.1 Å². The zero-order chi connectivity index (χ0) is 13.5. The number of nitrogens with zero attached hydrogens (tertiary/aromatic N) is 1. The monoisotopic (exact) mass is 358 g/mol. The highest BCUT2D eigenvalue weighted by Gasteiger charge is 2.24. The molecule has 0 bridgehead atoms. The van der Waals surface area contributed by atoms with E-state index in [1.165, 1.54) is 11.8 Å². The maximum atomic E-state index is 12.3. The van der Waals surface area contributed by atoms with Crippen molar-refractivity contribution in [2.45, 2.75) is 17.4 Å². The van der Waals surface area contributed by atoms with E-state index in [-0.39, 0.29) is 36.8 Å². The number of amides is 1. The van der Waals surface area contributed by atoms with Gasteiger partial charge in [0.05, 0.1) is 16.1 Å². The van der Waals surface area contributed by atoms with Crippen LogP contribution in [0, 0.1) is 0 Å². The summed E-state index contributed by atoms with van der Waals surface area (Å²) in [6, 6.07) is 6.25. The number of aromatic nitrogens is 2. The van der Waals surface area contributed by atoms with Gasteiger partial charge in [-0.1, -0.05) is 17.8 Å². The number of nitrogens with one attached hydrogen (secondary N) is 3. The molecule has 1 amide bonds. The molecule has 8 heteroatoms. The molecule has 0 spiro atoms. The summed E-state index contributed by atoms with van der Waals surface area (Å²) >= 11 is 1.51. The van der Waals surface area contributed by atoms with Crippen molar-refractivity contribution in [3.63, 3.8) is 0 Å². The van der Waals surface area contributed by atoms with Gasteiger partial charge in [0.15, 0.2) is 0 Å². The first-order valence-corrected chi connectivity index (χ1v) is 7.51. The second kappa shape index (κ2) is 6.91. The maximum Gasteiger partial charge on any atom is 0.258 e. The summed E-state index contributed by atoms with van der Waals surface area (Å²) < 4.78 is 0. The molecule has 1 atom stereocenters. The lowest BCUT2D eigenvalue weighted by molar-refractivity contribution is -0.117. The van der Waals surface area contributed by atoms with Crippen LogP contribution in [0.4, 0.5) is 0 Å². The Labute approximate surface area is 144 Å². The van der Waals surface area contributed by atoms with Crippen molar-refractivity contribution in [1.82, 2.24) is 20.8 Å². The topological polar surface area (TPSA) is 69.8 Å². The zero-order valence-corrected chi connectivity index (χ0v) is 14.0. The van der Waals surface area contributed by atoms with E-state index in [4.69, 9.17) is 0 Å². The molecule has 0 radical (unpaired) electrons. The second-order valence-electron chi connectivity index (χ2n) is 5.06. The van der Waals surface area contributed by atoms with Gasteiger partial charge in [-0.2, -0.15) is 5.10 Å². The molecule has 1 unspecified atom stereocenters. The number of hydrogen-bond donors (Lipinski definition) is 3. The predicted octanol–water partition coefficient (Wildman–Crippen LogP) is 2.33. The molecule has 118 valence electrons. The van der Waals surface area contributed by atoms with Crippen LogP contribution in [0.25, 0.3) is 17.0 Å². The van der Waals surface area contributed by atoms with Gasteiger partial charge in [0, 0.05) is 22.9 Å². The zero-order valence-electron chi connectivity index (χ0n) is 11.6. The summed E-state index contributed by atoms with van der Waals surface area (Å²) in [4.78, 5) is 14.1. The molecular weight excluding hydrogens is 343 g/mol. The molecule has 5 nitrogen and oxygen atoms in total. The average molecular weight is 359 g/mol. The molecule has 1 fully saturated rings. The number of carbonyl (C=O) groups excluding carboxylic acids is 1. The number of halogens is 2. The van der Waals surface area contributed by atoms with Crippen molar-refractivity contribution in [2.75, 3.05) is 13.1 Å². The van der Waals surface area contributed by atoms with Gasteiger partial charge in [-0.3, -0.25) is 9.89 Å². The standard InChI is InChI=1S/C14H14N4OS.2ClH/c19-14(16-8-4-5-15-7-8)12-6-10-13-9(17-18-10)2-1-3-11(13)20-12;;/h1-3,6,8,15H,4-5,7H2,(H,16,19)(H,17,18);2*1H. The lowest BCUT2D eigenvalue weighted by Gasteiger charge is -2.15. The van der Waals surface area contributed by atoms with E-state index in [2.05, 4.69) is 20.8 Å². The van der Waals surface area contributed by atoms with Crippen LogP contribution < -0.4 is 10.6 Å². The van der Waals surface area contributed by atoms with Gasteiger partial charge in [-0.05, 0) is 31.2 Å². The first-order chi connectivity index (χ1) is 9.81. The highest BCUT2D eigenvalue weighted by atomic mass is 35.5. The van der Waals surface area contributed by atoms with Crippen molar-refractivity contribution in [2.24, 2.45) is 0 Å². The minimum Gasteiger partial charge on any atom is -0.348 e. The van der Waals surface area contributed by atoms with Crippen LogP contribution in [0.5, 0.6) is 0 Å². The van der Waals surface area contributed by atoms with Gasteiger partial charge in [0.1, 0.15) is 0 Å². The largest absolute Gasteiger partial charge is 0.348 e. The summed E-state index contributed by atoms with van der Waals surface area (Å²) in [6.07, 6.45) is 2.86. The molecule has 2 aliphatic rings. The fourth-order valence-electron chi connectivity index (χ4n) is 2.67. The SMILES string of the molecule is Cl.Cl.O=C(NC1CCNC1)C1=Cc2n[nH]c3cccc(c23)S1. The third-order valence-corrected chi connectivity index (χ3v) is 4.77. The molecule has 3 heterocycles. The smallest absolute Gasteiger partial charge is 0.258 e. The Hall–Kier alpha value is -1.21. The summed E-state index contributed by atoms with van der Waals surface area (Å²) in [6.45, 7) is 1.83. The Balaban J connectivity index is 0.000000882. The quantitative estimate of drug-likeness (QED) is 0.770. The van der Waals surface area contributed by atoms with E-state index < -0.39 is 0 Å². The van der Waals surface area contributed by atoms with E-state index in [0.717, 1.165) is 41.0 Å². The summed E-state index contributed by atoms with van der Waals surface area (Å²) in [5.41, 5.74) is 1.87. The molecule has 1 aromatic heterocycles. The van der Waals surface area contributed by atoms with Gasteiger partial charge in [-0.15, -0.1) is 24.8 Å². The van der Waals surface area contributed by atoms with Gasteiger partial charge in [-0.25, -0.2) is 0 Å². The number of aromatic amines is 1. The van der Waals surface area contributed by atoms with Crippen LogP contribution in [-0.2, 0) is 4.79 Å². The number of thioether (sulfide) groups is 1. The number of hydrogen-bond acceptors (Lipinski definition) is 4. The van der Waals surface area contributed by atoms with Gasteiger partial charge < -0.3 is 10.6 Å². The van der Waals surface area contributed by atoms with Crippen LogP contribution in [0.15, 0.2) is 28.0 Å². The molecule has 4 rings (SSSR count). The molecule has 0 aliphatic carbocycles. The summed E-state index contributed by atoms with van der Waals surface area (Å²) in [5, 5.41) is 14.7. The Kier molecular flexibility index (Phi) is 5.39. The Morgan fingerprint density at radius 2 is 2.23 bits per heavy atom. The molecule has 2 aliphatic heterocycles. The van der Waals surface area contributed by atoms with Crippen molar-refractivity contribution >= 4 is 59.5 Å². The van der Waals surface area contributed by atoms with Gasteiger partial charge >= 0.3 is 0 Å². The van der Waals surface area contributed by atoms with Gasteiger partial charge in [0.2, 0.25) is 0 Å². The minimum atomic E-state index is -0.00523. The summed E-state index contributed by atoms with van der Waals surface area (Å²) in [7, 11) is 0. The highest BCUT2D eigenvalue weighted by molar-refractivity contribution is 8.04. The number of carbonyl (C=O) groups is 1. The minimum absolute atomic E-state index is 0. The molecule has 1 aromatic carbocycles. The Morgan fingerprint density at radius 3 is 3.00 bits per heavy atom. The van der Waals surface area contributed by atoms with Gasteiger partial charge in [0.25, 0.3) is 5.91 Å². The van der Waals surface area contributed by atoms with Crippen molar-refractivity contribution in [3.05, 3.63) is 28.8 Å². The molecule has 2 aromatic rings. The third-order valence-electron chi connectivity index (χ3n) is 3.69. The fourth-order valence-corrected chi connectivity index (χ4v) is 3.70. The van der Waals surface area contributed by atoms with E-state index in [9.17, 15) is 4.79 Å². The Morgan fingerprint density at radius 1 is 1.36 bits per heavy atom. The Bertz CT molecular complexity index is 725. The van der Waals surface area contributed by atoms with Crippen LogP contribution in [-0.4, -0.2) is 35.2 Å². The van der Waals surface area contributed by atoms with Crippen LogP contribution in [0.3, 0.4) is 0 Å². The lowest BCUT2D eigenvalue weighted by atomic mass is 10.2. The normalized spacial score (nSPS) is 19.1. The van der Waals surface area contributed by atoms with Crippen molar-refractivity contribution in [1.29, 1.82) is 0 Å². The molecule has 3 N–H and O–H groups in total. The van der Waals surface area contributed by atoms with Crippen molar-refractivity contribution < 1.29 is 4.79 Å². The molecule has 0 saturated carbocycles. The number of benzene rings is 1. The first kappa shape index (κ1) is 17.1.